The van der Waals surface area contributed by atoms with Crippen molar-refractivity contribution in [2.75, 3.05) is 31.3 Å². The molecule has 0 aliphatic heterocycles. The van der Waals surface area contributed by atoms with Gasteiger partial charge >= 0.3 is 12.1 Å². The van der Waals surface area contributed by atoms with E-state index < -0.39 is 18.1 Å². The minimum absolute atomic E-state index is 0.0141. The molecule has 0 aromatic heterocycles. The van der Waals surface area contributed by atoms with E-state index in [1.54, 1.807) is 0 Å². The van der Waals surface area contributed by atoms with E-state index in [9.17, 15) is 19.5 Å². The van der Waals surface area contributed by atoms with Crippen LogP contribution in [0.4, 0.5) is 4.79 Å². The number of aliphatic carboxylic acids is 1. The van der Waals surface area contributed by atoms with Gasteiger partial charge in [-0.2, -0.15) is 11.8 Å². The average molecular weight is 823 g/mol. The lowest BCUT2D eigenvalue weighted by Gasteiger charge is -2.21. The average Bonchev–Trinajstić information content (AvgIpc) is 3.54. The molecule has 0 bridgehead atoms. The van der Waals surface area contributed by atoms with Crippen LogP contribution in [0.2, 0.25) is 0 Å². The van der Waals surface area contributed by atoms with Crippen molar-refractivity contribution in [2.24, 2.45) is 0 Å². The Hall–Kier alpha value is -3.04. The van der Waals surface area contributed by atoms with E-state index in [0.717, 1.165) is 54.4 Å². The van der Waals surface area contributed by atoms with Crippen molar-refractivity contribution in [1.82, 2.24) is 10.6 Å². The summed E-state index contributed by atoms with van der Waals surface area (Å²) in [5.41, 5.74) is 4.45. The van der Waals surface area contributed by atoms with Crippen LogP contribution in [-0.4, -0.2) is 66.5 Å². The molecule has 0 saturated heterocycles. The van der Waals surface area contributed by atoms with E-state index in [1.807, 2.05) is 36.4 Å². The molecule has 0 spiro atoms. The fourth-order valence-corrected chi connectivity index (χ4v) is 9.00. The van der Waals surface area contributed by atoms with Gasteiger partial charge in [0.1, 0.15) is 12.6 Å². The summed E-state index contributed by atoms with van der Waals surface area (Å²) < 4.78 is 11.7. The minimum atomic E-state index is -1.13. The Morgan fingerprint density at radius 3 is 1.59 bits per heavy atom. The van der Waals surface area contributed by atoms with Gasteiger partial charge in [0.15, 0.2) is 0 Å². The first-order valence-corrected chi connectivity index (χ1v) is 24.4. The van der Waals surface area contributed by atoms with Gasteiger partial charge in [0, 0.05) is 30.5 Å². The molecule has 1 aliphatic rings. The lowest BCUT2D eigenvalue weighted by Crippen LogP contribution is -2.44. The summed E-state index contributed by atoms with van der Waals surface area (Å²) in [5.74, 6) is -0.594. The molecule has 3 rings (SSSR count). The van der Waals surface area contributed by atoms with Crippen molar-refractivity contribution in [1.29, 1.82) is 0 Å². The van der Waals surface area contributed by atoms with Crippen LogP contribution in [0.25, 0.3) is 11.1 Å². The van der Waals surface area contributed by atoms with E-state index in [0.29, 0.717) is 25.4 Å². The second-order valence-electron chi connectivity index (χ2n) is 16.4. The summed E-state index contributed by atoms with van der Waals surface area (Å²) in [4.78, 5) is 38.1. The van der Waals surface area contributed by atoms with Gasteiger partial charge in [0.05, 0.1) is 12.6 Å². The topological polar surface area (TPSA) is 114 Å². The minimum Gasteiger partial charge on any atom is -0.480 e. The van der Waals surface area contributed by atoms with E-state index in [4.69, 9.17) is 9.47 Å². The molecule has 1 aliphatic carbocycles. The van der Waals surface area contributed by atoms with Gasteiger partial charge in [-0.05, 0) is 35.1 Å². The third-order valence-corrected chi connectivity index (χ3v) is 12.6. The van der Waals surface area contributed by atoms with Crippen molar-refractivity contribution >= 4 is 29.7 Å². The third-order valence-electron chi connectivity index (χ3n) is 11.4. The van der Waals surface area contributed by atoms with Gasteiger partial charge in [-0.1, -0.05) is 197 Å². The monoisotopic (exact) mass is 823 g/mol. The van der Waals surface area contributed by atoms with Gasteiger partial charge in [0.2, 0.25) is 5.91 Å². The van der Waals surface area contributed by atoms with Crippen molar-refractivity contribution in [3.05, 3.63) is 59.7 Å². The maximum atomic E-state index is 13.0. The first-order valence-electron chi connectivity index (χ1n) is 23.2. The molecule has 58 heavy (non-hydrogen) atoms. The van der Waals surface area contributed by atoms with Crippen LogP contribution in [0.3, 0.4) is 0 Å². The number of alkyl carbamates (subject to hydrolysis) is 1. The number of carboxylic acids is 1. The summed E-state index contributed by atoms with van der Waals surface area (Å²) in [6.07, 6.45) is 28.8. The SMILES string of the molecule is CCCCCCCCCCCCCCCCOC[C@H](CSC[C@H](NC(=O)OCC1c2ccccc2-c2ccccc21)C(=O)O)NC(=O)CCCCCCCCCCC. The Labute approximate surface area is 356 Å². The van der Waals surface area contributed by atoms with Crippen molar-refractivity contribution in [3.8, 4) is 11.1 Å². The number of carbonyl (C=O) groups excluding carboxylic acids is 2. The van der Waals surface area contributed by atoms with Crippen LogP contribution in [0, 0.1) is 0 Å². The number of unbranched alkanes of at least 4 members (excludes halogenated alkanes) is 21. The largest absolute Gasteiger partial charge is 0.480 e. The number of ether oxygens (including phenoxy) is 2. The molecular weight excluding hydrogens is 745 g/mol. The zero-order valence-electron chi connectivity index (χ0n) is 36.3. The normalized spacial score (nSPS) is 13.1. The molecule has 2 amide bonds. The van der Waals surface area contributed by atoms with Crippen LogP contribution in [0.1, 0.15) is 185 Å². The van der Waals surface area contributed by atoms with Crippen LogP contribution in [0.5, 0.6) is 0 Å². The summed E-state index contributed by atoms with van der Waals surface area (Å²) in [6, 6.07) is 14.8. The Balaban J connectivity index is 1.37. The molecule has 2 aromatic rings. The number of fused-ring (bicyclic) bond motifs is 3. The molecule has 8 nitrogen and oxygen atoms in total. The van der Waals surface area contributed by atoms with Gasteiger partial charge < -0.3 is 25.2 Å². The predicted octanol–water partition coefficient (Wildman–Crippen LogP) is 12.6. The van der Waals surface area contributed by atoms with Crippen molar-refractivity contribution in [3.63, 3.8) is 0 Å². The zero-order chi connectivity index (χ0) is 41.5. The van der Waals surface area contributed by atoms with Crippen LogP contribution < -0.4 is 10.6 Å². The zero-order valence-corrected chi connectivity index (χ0v) is 37.1. The van der Waals surface area contributed by atoms with E-state index in [2.05, 4.69) is 36.6 Å². The first-order chi connectivity index (χ1) is 28.4. The molecule has 0 fully saturated rings. The molecular formula is C49H78N2O6S. The number of amides is 2. The Bertz CT molecular complexity index is 1360. The molecule has 3 N–H and O–H groups in total. The molecule has 9 heteroatoms. The first kappa shape index (κ1) is 49.3. The highest BCUT2D eigenvalue weighted by molar-refractivity contribution is 7.99. The quantitative estimate of drug-likeness (QED) is 0.0586. The number of hydrogen-bond acceptors (Lipinski definition) is 6. The third kappa shape index (κ3) is 20.8. The van der Waals surface area contributed by atoms with Gasteiger partial charge in [0.25, 0.3) is 0 Å². The number of benzene rings is 2. The number of thioether (sulfide) groups is 1. The van der Waals surface area contributed by atoms with Gasteiger partial charge in [-0.25, -0.2) is 9.59 Å². The smallest absolute Gasteiger partial charge is 0.407 e. The van der Waals surface area contributed by atoms with Crippen molar-refractivity contribution in [2.45, 2.75) is 186 Å². The van der Waals surface area contributed by atoms with E-state index in [1.165, 1.54) is 127 Å². The molecule has 2 aromatic carbocycles. The number of nitrogens with one attached hydrogen (secondary N) is 2. The molecule has 2 atom stereocenters. The molecule has 0 saturated carbocycles. The lowest BCUT2D eigenvalue weighted by atomic mass is 9.98. The second-order valence-corrected chi connectivity index (χ2v) is 17.5. The van der Waals surface area contributed by atoms with Gasteiger partial charge in [-0.15, -0.1) is 0 Å². The summed E-state index contributed by atoms with van der Waals surface area (Å²) in [5, 5.41) is 15.7. The fraction of sp³-hybridized carbons (Fsp3) is 0.694. The lowest BCUT2D eigenvalue weighted by molar-refractivity contribution is -0.138. The number of carboxylic acid groups (broad SMARTS) is 1. The number of rotatable bonds is 36. The summed E-state index contributed by atoms with van der Waals surface area (Å²) in [6.45, 7) is 5.65. The summed E-state index contributed by atoms with van der Waals surface area (Å²) >= 11 is 1.39. The van der Waals surface area contributed by atoms with Crippen LogP contribution >= 0.6 is 11.8 Å². The Kier molecular flexibility index (Phi) is 27.1. The number of carbonyl (C=O) groups is 3. The maximum absolute atomic E-state index is 13.0. The highest BCUT2D eigenvalue weighted by atomic mass is 32.2. The van der Waals surface area contributed by atoms with Gasteiger partial charge in [-0.3, -0.25) is 4.79 Å². The molecule has 326 valence electrons. The van der Waals surface area contributed by atoms with Crippen LogP contribution in [0.15, 0.2) is 48.5 Å². The molecule has 0 heterocycles. The second kappa shape index (κ2) is 31.8. The van der Waals surface area contributed by atoms with Crippen LogP contribution in [-0.2, 0) is 19.1 Å². The number of hydrogen-bond donors (Lipinski definition) is 3. The maximum Gasteiger partial charge on any atom is 0.407 e. The Morgan fingerprint density at radius 2 is 1.09 bits per heavy atom. The molecule has 0 radical (unpaired) electrons. The summed E-state index contributed by atoms with van der Waals surface area (Å²) in [7, 11) is 0. The van der Waals surface area contributed by atoms with E-state index in [-0.39, 0.29) is 30.2 Å². The fourth-order valence-electron chi connectivity index (χ4n) is 7.94. The standard InChI is InChI=1S/C49H78N2O6S/c1-3-5-7-9-11-13-14-15-16-17-19-21-23-29-35-56-36-40(50-47(52)34-24-22-20-18-12-10-8-6-4-2)38-58-39-46(48(53)54)51-49(55)57-37-45-43-32-27-25-30-41(43)42-31-26-28-33-44(42)45/h25-28,30-33,40,45-46H,3-24,29,34-39H2,1-2H3,(H,50,52)(H,51,55)(H,53,54)/t40-,46+/m1/s1. The Morgan fingerprint density at radius 1 is 0.621 bits per heavy atom. The highest BCUT2D eigenvalue weighted by Crippen LogP contribution is 2.44. The van der Waals surface area contributed by atoms with Crippen molar-refractivity contribution < 1.29 is 29.0 Å². The highest BCUT2D eigenvalue weighted by Gasteiger charge is 2.30. The molecule has 0 unspecified atom stereocenters. The van der Waals surface area contributed by atoms with E-state index >= 15 is 0 Å². The predicted molar refractivity (Wildman–Crippen MR) is 242 cm³/mol.